The van der Waals surface area contributed by atoms with Crippen LogP contribution in [0.5, 0.6) is 5.75 Å². The van der Waals surface area contributed by atoms with Crippen molar-refractivity contribution in [2.75, 3.05) is 11.9 Å². The average Bonchev–Trinajstić information content (AvgIpc) is 2.27. The van der Waals surface area contributed by atoms with Crippen molar-refractivity contribution in [3.05, 3.63) is 22.2 Å². The molecule has 98 valence electrons. The third kappa shape index (κ3) is 2.39. The number of carbonyl (C=O) groups excluding carboxylic acids is 1. The average molecular weight is 312 g/mol. The summed E-state index contributed by atoms with van der Waals surface area (Å²) in [6.45, 7) is 6.14. The molecule has 0 saturated carbocycles. The Labute approximate surface area is 116 Å². The summed E-state index contributed by atoms with van der Waals surface area (Å²) in [6, 6.07) is 4.12. The van der Waals surface area contributed by atoms with Gasteiger partial charge in [0.15, 0.2) is 11.9 Å². The molecule has 1 aliphatic heterocycles. The van der Waals surface area contributed by atoms with Crippen molar-refractivity contribution in [1.29, 1.82) is 0 Å². The predicted molar refractivity (Wildman–Crippen MR) is 76.2 cm³/mol. The number of halogens is 1. The molecule has 1 aromatic carbocycles. The normalized spacial score (nSPS) is 18.9. The Bertz CT molecular complexity index is 485. The van der Waals surface area contributed by atoms with Gasteiger partial charge < -0.3 is 9.64 Å². The van der Waals surface area contributed by atoms with Crippen LogP contribution in [0.2, 0.25) is 0 Å². The van der Waals surface area contributed by atoms with E-state index >= 15 is 0 Å². The van der Waals surface area contributed by atoms with Crippen molar-refractivity contribution in [3.8, 4) is 5.75 Å². The minimum Gasteiger partial charge on any atom is -0.477 e. The van der Waals surface area contributed by atoms with Crippen LogP contribution in [0, 0.1) is 5.92 Å². The number of anilines is 1. The Morgan fingerprint density at radius 3 is 2.72 bits per heavy atom. The van der Waals surface area contributed by atoms with Crippen LogP contribution in [0.15, 0.2) is 16.6 Å². The molecule has 1 amide bonds. The van der Waals surface area contributed by atoms with Crippen molar-refractivity contribution < 1.29 is 9.53 Å². The van der Waals surface area contributed by atoms with Gasteiger partial charge in [-0.3, -0.25) is 4.79 Å². The fourth-order valence-corrected chi connectivity index (χ4v) is 2.80. The van der Waals surface area contributed by atoms with E-state index in [-0.39, 0.29) is 5.91 Å². The summed E-state index contributed by atoms with van der Waals surface area (Å²) in [5.74, 6) is 1.34. The summed E-state index contributed by atoms with van der Waals surface area (Å²) < 4.78 is 6.59. The first-order chi connectivity index (χ1) is 8.40. The lowest BCUT2D eigenvalue weighted by atomic mass is 10.0. The van der Waals surface area contributed by atoms with Crippen LogP contribution in [-0.2, 0) is 11.2 Å². The van der Waals surface area contributed by atoms with E-state index in [1.165, 1.54) is 5.56 Å². The monoisotopic (exact) mass is 311 g/mol. The lowest BCUT2D eigenvalue weighted by Crippen LogP contribution is -2.42. The number of ether oxygens (including phenoxy) is 1. The molecule has 0 aromatic heterocycles. The molecule has 1 aliphatic rings. The molecule has 2 rings (SSSR count). The number of amides is 1. The van der Waals surface area contributed by atoms with E-state index in [1.807, 2.05) is 6.07 Å². The van der Waals surface area contributed by atoms with Crippen molar-refractivity contribution >= 4 is 27.5 Å². The highest BCUT2D eigenvalue weighted by Gasteiger charge is 2.30. The second-order valence-corrected chi connectivity index (χ2v) is 6.04. The molecular formula is C14H18BrNO2. The third-order valence-corrected chi connectivity index (χ3v) is 3.65. The summed E-state index contributed by atoms with van der Waals surface area (Å²) in [5.41, 5.74) is 2.07. The lowest BCUT2D eigenvalue weighted by Gasteiger charge is -2.31. The standard InChI is InChI=1S/C14H18BrNO2/c1-8(2)5-10-6-11(15)13-12(7-10)16(4)14(17)9(3)18-13/h6-9H,5H2,1-4H3. The molecule has 1 heterocycles. The van der Waals surface area contributed by atoms with E-state index in [2.05, 4.69) is 35.8 Å². The van der Waals surface area contributed by atoms with Crippen LogP contribution >= 0.6 is 15.9 Å². The van der Waals surface area contributed by atoms with Crippen LogP contribution in [-0.4, -0.2) is 19.1 Å². The zero-order valence-electron chi connectivity index (χ0n) is 11.2. The molecule has 1 unspecified atom stereocenters. The van der Waals surface area contributed by atoms with Gasteiger partial charge in [-0.05, 0) is 52.9 Å². The van der Waals surface area contributed by atoms with E-state index < -0.39 is 6.10 Å². The van der Waals surface area contributed by atoms with Crippen LogP contribution in [0.4, 0.5) is 5.69 Å². The van der Waals surface area contributed by atoms with Crippen LogP contribution in [0.1, 0.15) is 26.3 Å². The second-order valence-electron chi connectivity index (χ2n) is 5.18. The third-order valence-electron chi connectivity index (χ3n) is 3.06. The number of likely N-dealkylation sites (N-methyl/N-ethyl adjacent to an activating group) is 1. The largest absolute Gasteiger partial charge is 0.477 e. The van der Waals surface area contributed by atoms with E-state index in [4.69, 9.17) is 4.74 Å². The van der Waals surface area contributed by atoms with Crippen LogP contribution < -0.4 is 9.64 Å². The van der Waals surface area contributed by atoms with E-state index in [9.17, 15) is 4.79 Å². The Kier molecular flexibility index (Phi) is 3.66. The van der Waals surface area contributed by atoms with E-state index in [0.717, 1.165) is 22.3 Å². The number of rotatable bonds is 2. The molecule has 18 heavy (non-hydrogen) atoms. The molecule has 0 bridgehead atoms. The van der Waals surface area contributed by atoms with E-state index in [1.54, 1.807) is 18.9 Å². The number of hydrogen-bond donors (Lipinski definition) is 0. The minimum absolute atomic E-state index is 0.00361. The van der Waals surface area contributed by atoms with Gasteiger partial charge in [0, 0.05) is 7.05 Å². The number of fused-ring (bicyclic) bond motifs is 1. The second kappa shape index (κ2) is 4.92. The molecule has 0 fully saturated rings. The van der Waals surface area contributed by atoms with Gasteiger partial charge in [-0.25, -0.2) is 0 Å². The Morgan fingerprint density at radius 2 is 2.11 bits per heavy atom. The van der Waals surface area contributed by atoms with Gasteiger partial charge in [-0.1, -0.05) is 13.8 Å². The van der Waals surface area contributed by atoms with Gasteiger partial charge >= 0.3 is 0 Å². The molecule has 0 radical (unpaired) electrons. The highest BCUT2D eigenvalue weighted by atomic mass is 79.9. The molecule has 3 nitrogen and oxygen atoms in total. The molecule has 0 saturated heterocycles. The molecule has 4 heteroatoms. The summed E-state index contributed by atoms with van der Waals surface area (Å²) in [4.78, 5) is 13.6. The van der Waals surface area contributed by atoms with Gasteiger partial charge in [0.25, 0.3) is 5.91 Å². The Balaban J connectivity index is 2.46. The van der Waals surface area contributed by atoms with Crippen molar-refractivity contribution in [1.82, 2.24) is 0 Å². The van der Waals surface area contributed by atoms with Crippen molar-refractivity contribution in [2.45, 2.75) is 33.3 Å². The lowest BCUT2D eigenvalue weighted by molar-refractivity contribution is -0.125. The van der Waals surface area contributed by atoms with Crippen LogP contribution in [0.25, 0.3) is 0 Å². The number of benzene rings is 1. The minimum atomic E-state index is -0.422. The number of nitrogens with zero attached hydrogens (tertiary/aromatic N) is 1. The zero-order chi connectivity index (χ0) is 13.4. The van der Waals surface area contributed by atoms with Crippen molar-refractivity contribution in [2.24, 2.45) is 5.92 Å². The molecule has 0 N–H and O–H groups in total. The predicted octanol–water partition coefficient (Wildman–Crippen LogP) is 3.39. The van der Waals surface area contributed by atoms with Gasteiger partial charge in [-0.2, -0.15) is 0 Å². The maximum atomic E-state index is 11.9. The quantitative estimate of drug-likeness (QED) is 0.838. The van der Waals surface area contributed by atoms with Gasteiger partial charge in [0.1, 0.15) is 0 Å². The highest BCUT2D eigenvalue weighted by molar-refractivity contribution is 9.10. The summed E-state index contributed by atoms with van der Waals surface area (Å²) in [7, 11) is 1.80. The number of hydrogen-bond acceptors (Lipinski definition) is 2. The first-order valence-electron chi connectivity index (χ1n) is 6.16. The van der Waals surface area contributed by atoms with E-state index in [0.29, 0.717) is 5.92 Å². The van der Waals surface area contributed by atoms with Gasteiger partial charge in [0.05, 0.1) is 10.2 Å². The smallest absolute Gasteiger partial charge is 0.267 e. The summed E-state index contributed by atoms with van der Waals surface area (Å²) in [5, 5.41) is 0. The first kappa shape index (κ1) is 13.4. The molecule has 0 spiro atoms. The fraction of sp³-hybridized carbons (Fsp3) is 0.500. The van der Waals surface area contributed by atoms with Gasteiger partial charge in [0.2, 0.25) is 0 Å². The van der Waals surface area contributed by atoms with Crippen LogP contribution in [0.3, 0.4) is 0 Å². The maximum absolute atomic E-state index is 11.9. The Morgan fingerprint density at radius 1 is 1.44 bits per heavy atom. The summed E-state index contributed by atoms with van der Waals surface area (Å²) >= 11 is 3.53. The molecule has 1 atom stereocenters. The molecule has 0 aliphatic carbocycles. The highest BCUT2D eigenvalue weighted by Crippen LogP contribution is 2.40. The summed E-state index contributed by atoms with van der Waals surface area (Å²) in [6.07, 6.45) is 0.568. The number of carbonyl (C=O) groups is 1. The molecular weight excluding hydrogens is 294 g/mol. The fourth-order valence-electron chi connectivity index (χ4n) is 2.21. The topological polar surface area (TPSA) is 29.5 Å². The zero-order valence-corrected chi connectivity index (χ0v) is 12.7. The van der Waals surface area contributed by atoms with Gasteiger partial charge in [-0.15, -0.1) is 0 Å². The van der Waals surface area contributed by atoms with Crippen molar-refractivity contribution in [3.63, 3.8) is 0 Å². The maximum Gasteiger partial charge on any atom is 0.267 e. The molecule has 1 aromatic rings. The first-order valence-corrected chi connectivity index (χ1v) is 6.96. The Hall–Kier alpha value is -1.03. The SMILES string of the molecule is CC(C)Cc1cc(Br)c2c(c1)N(C)C(=O)C(C)O2.